The fraction of sp³-hybridized carbons (Fsp3) is 0.667. The zero-order valence-electron chi connectivity index (χ0n) is 14.1. The highest BCUT2D eigenvalue weighted by molar-refractivity contribution is 5.27. The molecule has 0 spiro atoms. The second kappa shape index (κ2) is 8.40. The number of aliphatic hydroxyl groups is 1. The molecule has 0 aliphatic carbocycles. The zero-order valence-corrected chi connectivity index (χ0v) is 14.1. The van der Waals surface area contributed by atoms with Gasteiger partial charge >= 0.3 is 0 Å². The van der Waals surface area contributed by atoms with E-state index in [0.717, 1.165) is 25.0 Å². The summed E-state index contributed by atoms with van der Waals surface area (Å²) in [4.78, 5) is 0. The lowest BCUT2D eigenvalue weighted by molar-refractivity contribution is 0.104. The minimum Gasteiger partial charge on any atom is -0.491 e. The second-order valence-electron chi connectivity index (χ2n) is 6.54. The van der Waals surface area contributed by atoms with Crippen LogP contribution in [0.3, 0.4) is 0 Å². The van der Waals surface area contributed by atoms with E-state index in [4.69, 9.17) is 4.74 Å². The Labute approximate surface area is 129 Å². The third-order valence-electron chi connectivity index (χ3n) is 3.52. The van der Waals surface area contributed by atoms with Crippen LogP contribution in [0.2, 0.25) is 0 Å². The Morgan fingerprint density at radius 2 is 1.81 bits per heavy atom. The number of aliphatic hydroxyl groups excluding tert-OH is 1. The van der Waals surface area contributed by atoms with Crippen molar-refractivity contribution >= 4 is 0 Å². The summed E-state index contributed by atoms with van der Waals surface area (Å²) >= 11 is 0. The molecular weight excluding hydrogens is 262 g/mol. The Morgan fingerprint density at radius 3 is 2.29 bits per heavy atom. The Hall–Kier alpha value is -1.06. The van der Waals surface area contributed by atoms with Gasteiger partial charge in [0.1, 0.15) is 5.75 Å². The van der Waals surface area contributed by atoms with E-state index in [2.05, 4.69) is 45.1 Å². The molecule has 0 heterocycles. The average Bonchev–Trinajstić information content (AvgIpc) is 2.40. The number of hydrogen-bond donors (Lipinski definition) is 2. The summed E-state index contributed by atoms with van der Waals surface area (Å²) in [5.41, 5.74) is 1.04. The van der Waals surface area contributed by atoms with Gasteiger partial charge in [-0.1, -0.05) is 39.3 Å². The van der Waals surface area contributed by atoms with Crippen molar-refractivity contribution in [2.75, 3.05) is 6.61 Å². The van der Waals surface area contributed by atoms with E-state index in [-0.39, 0.29) is 18.2 Å². The molecule has 0 saturated heterocycles. The molecule has 0 aliphatic rings. The van der Waals surface area contributed by atoms with Crippen LogP contribution in [0.15, 0.2) is 24.3 Å². The highest BCUT2D eigenvalue weighted by atomic mass is 16.5. The Bertz CT molecular complexity index is 402. The van der Waals surface area contributed by atoms with Crippen molar-refractivity contribution in [3.05, 3.63) is 29.8 Å². The van der Waals surface area contributed by atoms with Gasteiger partial charge in [-0.3, -0.25) is 0 Å². The molecule has 0 radical (unpaired) electrons. The maximum Gasteiger partial charge on any atom is 0.119 e. The molecule has 3 heteroatoms. The SMILES string of the molecule is CCCc1ccc(OC(C)CC(C)(CO)NC(C)C)cc1. The van der Waals surface area contributed by atoms with Crippen LogP contribution < -0.4 is 10.1 Å². The molecule has 1 aromatic rings. The van der Waals surface area contributed by atoms with Crippen molar-refractivity contribution in [2.45, 2.75) is 71.6 Å². The predicted octanol–water partition coefficient (Wildman–Crippen LogP) is 3.55. The summed E-state index contributed by atoms with van der Waals surface area (Å²) in [6.45, 7) is 10.6. The molecule has 21 heavy (non-hydrogen) atoms. The van der Waals surface area contributed by atoms with Crippen LogP contribution in [-0.2, 0) is 6.42 Å². The van der Waals surface area contributed by atoms with E-state index in [1.54, 1.807) is 0 Å². The van der Waals surface area contributed by atoms with Gasteiger partial charge < -0.3 is 15.2 Å². The first-order chi connectivity index (χ1) is 9.88. The fourth-order valence-corrected chi connectivity index (χ4v) is 2.80. The molecule has 1 aromatic carbocycles. The highest BCUT2D eigenvalue weighted by Gasteiger charge is 2.27. The smallest absolute Gasteiger partial charge is 0.119 e. The minimum atomic E-state index is -0.310. The molecular formula is C18H31NO2. The summed E-state index contributed by atoms with van der Waals surface area (Å²) in [5.74, 6) is 0.896. The predicted molar refractivity (Wildman–Crippen MR) is 88.9 cm³/mol. The zero-order chi connectivity index (χ0) is 15.9. The quantitative estimate of drug-likeness (QED) is 0.731. The van der Waals surface area contributed by atoms with Crippen molar-refractivity contribution in [3.63, 3.8) is 0 Å². The minimum absolute atomic E-state index is 0.0467. The first-order valence-electron chi connectivity index (χ1n) is 8.02. The van der Waals surface area contributed by atoms with Gasteiger partial charge in [0.2, 0.25) is 0 Å². The standard InChI is InChI=1S/C18H31NO2/c1-6-7-16-8-10-17(11-9-16)21-15(4)12-18(5,13-20)19-14(2)3/h8-11,14-15,19-20H,6-7,12-13H2,1-5H3. The highest BCUT2D eigenvalue weighted by Crippen LogP contribution is 2.20. The normalized spacial score (nSPS) is 15.8. The third kappa shape index (κ3) is 6.49. The van der Waals surface area contributed by atoms with Gasteiger partial charge in [0.25, 0.3) is 0 Å². The largest absolute Gasteiger partial charge is 0.491 e. The molecule has 0 bridgehead atoms. The van der Waals surface area contributed by atoms with Crippen LogP contribution >= 0.6 is 0 Å². The second-order valence-corrected chi connectivity index (χ2v) is 6.54. The van der Waals surface area contributed by atoms with Gasteiger partial charge in [0.15, 0.2) is 0 Å². The summed E-state index contributed by atoms with van der Waals surface area (Å²) in [6, 6.07) is 8.66. The van der Waals surface area contributed by atoms with Crippen molar-refractivity contribution < 1.29 is 9.84 Å². The van der Waals surface area contributed by atoms with Crippen LogP contribution in [0.5, 0.6) is 5.75 Å². The van der Waals surface area contributed by atoms with E-state index in [1.807, 2.05) is 19.1 Å². The van der Waals surface area contributed by atoms with Gasteiger partial charge in [-0.15, -0.1) is 0 Å². The average molecular weight is 293 g/mol. The van der Waals surface area contributed by atoms with Crippen LogP contribution in [0.1, 0.15) is 53.0 Å². The topological polar surface area (TPSA) is 41.5 Å². The van der Waals surface area contributed by atoms with Crippen LogP contribution in [0.25, 0.3) is 0 Å². The van der Waals surface area contributed by atoms with E-state index >= 15 is 0 Å². The summed E-state index contributed by atoms with van der Waals surface area (Å²) in [5, 5.41) is 13.0. The van der Waals surface area contributed by atoms with Gasteiger partial charge in [-0.25, -0.2) is 0 Å². The van der Waals surface area contributed by atoms with Crippen LogP contribution in [0, 0.1) is 0 Å². The molecule has 0 aromatic heterocycles. The van der Waals surface area contributed by atoms with E-state index < -0.39 is 0 Å². The maximum atomic E-state index is 9.63. The molecule has 1 rings (SSSR count). The molecule has 0 aliphatic heterocycles. The third-order valence-corrected chi connectivity index (χ3v) is 3.52. The molecule has 120 valence electrons. The number of ether oxygens (including phenoxy) is 1. The number of rotatable bonds is 9. The molecule has 2 unspecified atom stereocenters. The van der Waals surface area contributed by atoms with Crippen molar-refractivity contribution in [2.24, 2.45) is 0 Å². The molecule has 0 amide bonds. The molecule has 0 saturated carbocycles. The fourth-order valence-electron chi connectivity index (χ4n) is 2.80. The molecule has 0 fully saturated rings. The first kappa shape index (κ1) is 18.0. The van der Waals surface area contributed by atoms with E-state index in [0.29, 0.717) is 6.04 Å². The van der Waals surface area contributed by atoms with Crippen LogP contribution in [0.4, 0.5) is 0 Å². The molecule has 2 atom stereocenters. The van der Waals surface area contributed by atoms with Gasteiger partial charge in [0, 0.05) is 18.0 Å². The summed E-state index contributed by atoms with van der Waals surface area (Å²) in [6.07, 6.45) is 3.08. The van der Waals surface area contributed by atoms with Crippen LogP contribution in [-0.4, -0.2) is 29.4 Å². The van der Waals surface area contributed by atoms with Gasteiger partial charge in [0.05, 0.1) is 12.7 Å². The van der Waals surface area contributed by atoms with Crippen molar-refractivity contribution in [1.82, 2.24) is 5.32 Å². The number of hydrogen-bond acceptors (Lipinski definition) is 3. The number of nitrogens with one attached hydrogen (secondary N) is 1. The lowest BCUT2D eigenvalue weighted by atomic mass is 9.94. The van der Waals surface area contributed by atoms with Gasteiger partial charge in [-0.05, 0) is 38.0 Å². The van der Waals surface area contributed by atoms with Crippen molar-refractivity contribution in [1.29, 1.82) is 0 Å². The van der Waals surface area contributed by atoms with Gasteiger partial charge in [-0.2, -0.15) is 0 Å². The summed E-state index contributed by atoms with van der Waals surface area (Å²) in [7, 11) is 0. The van der Waals surface area contributed by atoms with Crippen molar-refractivity contribution in [3.8, 4) is 5.75 Å². The van der Waals surface area contributed by atoms with E-state index in [9.17, 15) is 5.11 Å². The number of aryl methyl sites for hydroxylation is 1. The summed E-state index contributed by atoms with van der Waals surface area (Å²) < 4.78 is 5.98. The molecule has 2 N–H and O–H groups in total. The lowest BCUT2D eigenvalue weighted by Crippen LogP contribution is -2.51. The Kier molecular flexibility index (Phi) is 7.20. The monoisotopic (exact) mass is 293 g/mol. The lowest BCUT2D eigenvalue weighted by Gasteiger charge is -2.33. The Balaban J connectivity index is 2.57. The first-order valence-corrected chi connectivity index (χ1v) is 8.02. The Morgan fingerprint density at radius 1 is 1.19 bits per heavy atom. The maximum absolute atomic E-state index is 9.63. The number of benzene rings is 1. The molecule has 3 nitrogen and oxygen atoms in total. The van der Waals surface area contributed by atoms with E-state index in [1.165, 1.54) is 5.56 Å².